The second kappa shape index (κ2) is 7.68. The third-order valence-corrected chi connectivity index (χ3v) is 6.77. The maximum absolute atomic E-state index is 12.8. The maximum Gasteiger partial charge on any atom is 0.246 e. The van der Waals surface area contributed by atoms with E-state index in [4.69, 9.17) is 11.6 Å². The summed E-state index contributed by atoms with van der Waals surface area (Å²) in [7, 11) is 0. The van der Waals surface area contributed by atoms with Gasteiger partial charge in [-0.05, 0) is 36.4 Å². The number of hydrogen-bond acceptors (Lipinski definition) is 5. The smallest absolute Gasteiger partial charge is 0.246 e. The minimum Gasteiger partial charge on any atom is -0.331 e. The molecule has 1 amide bonds. The summed E-state index contributed by atoms with van der Waals surface area (Å²) in [5, 5.41) is 6.47. The zero-order chi connectivity index (χ0) is 20.7. The lowest BCUT2D eigenvalue weighted by Gasteiger charge is -2.14. The minimum atomic E-state index is -0.209. The van der Waals surface area contributed by atoms with Crippen molar-refractivity contribution in [3.8, 4) is 10.6 Å². The number of rotatable bonds is 4. The molecule has 0 spiro atoms. The first-order valence-corrected chi connectivity index (χ1v) is 11.2. The number of aromatic nitrogens is 2. The number of anilines is 1. The summed E-state index contributed by atoms with van der Waals surface area (Å²) in [5.74, 6) is -0.209. The Bertz CT molecular complexity index is 1410. The zero-order valence-corrected chi connectivity index (χ0v) is 17.9. The van der Waals surface area contributed by atoms with E-state index < -0.39 is 0 Å². The Balaban J connectivity index is 1.48. The SMILES string of the molecule is O=C(Cn1c2ccccc2c(=O)c2ccccc21)Nc1nc(-c2ccc(Cl)s2)cs1. The van der Waals surface area contributed by atoms with E-state index in [-0.39, 0.29) is 17.9 Å². The van der Waals surface area contributed by atoms with Crippen LogP contribution in [-0.2, 0) is 11.3 Å². The molecule has 0 radical (unpaired) electrons. The molecule has 8 heteroatoms. The first-order valence-electron chi connectivity index (χ1n) is 9.11. The lowest BCUT2D eigenvalue weighted by Crippen LogP contribution is -2.21. The van der Waals surface area contributed by atoms with E-state index in [1.165, 1.54) is 22.7 Å². The third-order valence-electron chi connectivity index (χ3n) is 4.76. The summed E-state index contributed by atoms with van der Waals surface area (Å²) in [4.78, 5) is 31.1. The van der Waals surface area contributed by atoms with Gasteiger partial charge in [0.1, 0.15) is 6.54 Å². The van der Waals surface area contributed by atoms with E-state index in [1.54, 1.807) is 12.1 Å². The largest absolute Gasteiger partial charge is 0.331 e. The molecule has 3 aromatic heterocycles. The number of nitrogens with zero attached hydrogens (tertiary/aromatic N) is 2. The number of fused-ring (bicyclic) bond motifs is 2. The van der Waals surface area contributed by atoms with Crippen molar-refractivity contribution in [2.45, 2.75) is 6.54 Å². The lowest BCUT2D eigenvalue weighted by molar-refractivity contribution is -0.116. The standard InChI is InChI=1S/C22H14ClN3O2S2/c23-19-10-9-18(30-19)15-12-29-22(24-15)25-20(27)11-26-16-7-3-1-5-13(16)21(28)14-6-2-4-8-17(14)26/h1-10,12H,11H2,(H,24,25,27). The van der Waals surface area contributed by atoms with E-state index in [0.717, 1.165) is 21.6 Å². The first-order chi connectivity index (χ1) is 14.6. The number of carbonyl (C=O) groups is 1. The quantitative estimate of drug-likeness (QED) is 0.360. The normalized spacial score (nSPS) is 11.2. The molecule has 30 heavy (non-hydrogen) atoms. The number of carbonyl (C=O) groups excluding carboxylic acids is 1. The number of nitrogens with one attached hydrogen (secondary N) is 1. The zero-order valence-electron chi connectivity index (χ0n) is 15.5. The number of halogens is 1. The highest BCUT2D eigenvalue weighted by atomic mass is 35.5. The highest BCUT2D eigenvalue weighted by Crippen LogP contribution is 2.32. The van der Waals surface area contributed by atoms with Gasteiger partial charge in [-0.25, -0.2) is 4.98 Å². The van der Waals surface area contributed by atoms with Crippen molar-refractivity contribution in [1.82, 2.24) is 9.55 Å². The van der Waals surface area contributed by atoms with Gasteiger partial charge in [0, 0.05) is 16.2 Å². The molecule has 5 nitrogen and oxygen atoms in total. The van der Waals surface area contributed by atoms with Crippen LogP contribution in [0.4, 0.5) is 5.13 Å². The molecule has 0 saturated heterocycles. The number of thiazole rings is 1. The number of benzene rings is 2. The van der Waals surface area contributed by atoms with Gasteiger partial charge in [-0.3, -0.25) is 9.59 Å². The Hall–Kier alpha value is -3.00. The highest BCUT2D eigenvalue weighted by Gasteiger charge is 2.14. The summed E-state index contributed by atoms with van der Waals surface area (Å²) in [6, 6.07) is 18.4. The molecule has 148 valence electrons. The van der Waals surface area contributed by atoms with Gasteiger partial charge in [0.15, 0.2) is 10.6 Å². The molecule has 0 unspecified atom stereocenters. The minimum absolute atomic E-state index is 0.0305. The Morgan fingerprint density at radius 3 is 2.30 bits per heavy atom. The van der Waals surface area contributed by atoms with Crippen molar-refractivity contribution in [3.63, 3.8) is 0 Å². The van der Waals surface area contributed by atoms with Crippen LogP contribution in [0.2, 0.25) is 4.34 Å². The average molecular weight is 452 g/mol. The van der Waals surface area contributed by atoms with Gasteiger partial charge in [-0.15, -0.1) is 22.7 Å². The van der Waals surface area contributed by atoms with Crippen molar-refractivity contribution in [3.05, 3.63) is 80.6 Å². The van der Waals surface area contributed by atoms with Crippen LogP contribution in [0.15, 0.2) is 70.8 Å². The van der Waals surface area contributed by atoms with Crippen molar-refractivity contribution in [2.75, 3.05) is 5.32 Å². The Kier molecular flexibility index (Phi) is 4.86. The highest BCUT2D eigenvalue weighted by molar-refractivity contribution is 7.20. The van der Waals surface area contributed by atoms with Crippen LogP contribution >= 0.6 is 34.3 Å². The molecule has 0 atom stereocenters. The van der Waals surface area contributed by atoms with Crippen LogP contribution in [0.5, 0.6) is 0 Å². The third kappa shape index (κ3) is 3.41. The summed E-state index contributed by atoms with van der Waals surface area (Å²) in [5.41, 5.74) is 2.21. The van der Waals surface area contributed by atoms with Crippen LogP contribution in [0.1, 0.15) is 0 Å². The Morgan fingerprint density at radius 2 is 1.67 bits per heavy atom. The molecular formula is C22H14ClN3O2S2. The van der Waals surface area contributed by atoms with Gasteiger partial charge < -0.3 is 9.88 Å². The number of pyridine rings is 1. The second-order valence-corrected chi connectivity index (χ2v) is 9.21. The van der Waals surface area contributed by atoms with Gasteiger partial charge in [-0.2, -0.15) is 0 Å². The van der Waals surface area contributed by atoms with E-state index >= 15 is 0 Å². The molecule has 0 fully saturated rings. The van der Waals surface area contributed by atoms with Crippen molar-refractivity contribution in [2.24, 2.45) is 0 Å². The predicted molar refractivity (Wildman–Crippen MR) is 125 cm³/mol. The predicted octanol–water partition coefficient (Wildman–Crippen LogP) is 5.63. The molecule has 3 heterocycles. The van der Waals surface area contributed by atoms with E-state index in [1.807, 2.05) is 58.5 Å². The Labute approximate surface area is 184 Å². The second-order valence-electron chi connectivity index (χ2n) is 6.64. The molecule has 0 aliphatic rings. The molecule has 5 rings (SSSR count). The summed E-state index contributed by atoms with van der Waals surface area (Å²) in [6.07, 6.45) is 0. The van der Waals surface area contributed by atoms with Crippen molar-refractivity contribution >= 4 is 67.1 Å². The number of thiophene rings is 1. The van der Waals surface area contributed by atoms with Gasteiger partial charge in [0.25, 0.3) is 0 Å². The summed E-state index contributed by atoms with van der Waals surface area (Å²) < 4.78 is 2.56. The summed E-state index contributed by atoms with van der Waals surface area (Å²) in [6.45, 7) is 0.0705. The van der Waals surface area contributed by atoms with Crippen LogP contribution < -0.4 is 10.7 Å². The first kappa shape index (κ1) is 19.0. The summed E-state index contributed by atoms with van der Waals surface area (Å²) >= 11 is 8.80. The molecule has 0 aliphatic heterocycles. The lowest BCUT2D eigenvalue weighted by atomic mass is 10.1. The van der Waals surface area contributed by atoms with Gasteiger partial charge >= 0.3 is 0 Å². The fourth-order valence-electron chi connectivity index (χ4n) is 3.45. The maximum atomic E-state index is 12.8. The number of amides is 1. The van der Waals surface area contributed by atoms with Gasteiger partial charge in [-0.1, -0.05) is 35.9 Å². The van der Waals surface area contributed by atoms with Gasteiger partial charge in [0.2, 0.25) is 5.91 Å². The number of hydrogen-bond donors (Lipinski definition) is 1. The molecule has 1 N–H and O–H groups in total. The van der Waals surface area contributed by atoms with Crippen LogP contribution in [0.25, 0.3) is 32.4 Å². The average Bonchev–Trinajstić information content (AvgIpc) is 3.40. The van der Waals surface area contributed by atoms with Gasteiger partial charge in [0.05, 0.1) is 25.9 Å². The fourth-order valence-corrected chi connectivity index (χ4v) is 5.25. The van der Waals surface area contributed by atoms with Crippen LogP contribution in [0.3, 0.4) is 0 Å². The fraction of sp³-hybridized carbons (Fsp3) is 0.0455. The molecule has 0 saturated carbocycles. The van der Waals surface area contributed by atoms with Crippen LogP contribution in [0, 0.1) is 0 Å². The van der Waals surface area contributed by atoms with E-state index in [0.29, 0.717) is 20.2 Å². The topological polar surface area (TPSA) is 64.0 Å². The molecule has 2 aromatic carbocycles. The molecule has 0 aliphatic carbocycles. The monoisotopic (exact) mass is 451 g/mol. The molecule has 0 bridgehead atoms. The molecule has 5 aromatic rings. The van der Waals surface area contributed by atoms with Crippen molar-refractivity contribution in [1.29, 1.82) is 0 Å². The van der Waals surface area contributed by atoms with E-state index in [9.17, 15) is 9.59 Å². The van der Waals surface area contributed by atoms with Crippen molar-refractivity contribution < 1.29 is 4.79 Å². The Morgan fingerprint density at radius 1 is 1.00 bits per heavy atom. The number of para-hydroxylation sites is 2. The molecular weight excluding hydrogens is 438 g/mol. The van der Waals surface area contributed by atoms with Crippen LogP contribution in [-0.4, -0.2) is 15.5 Å². The van der Waals surface area contributed by atoms with E-state index in [2.05, 4.69) is 10.3 Å².